The van der Waals surface area contributed by atoms with Gasteiger partial charge >= 0.3 is 0 Å². The molecular weight excluding hydrogens is 318 g/mol. The van der Waals surface area contributed by atoms with Crippen LogP contribution in [-0.2, 0) is 10.2 Å². The highest BCUT2D eigenvalue weighted by Crippen LogP contribution is 2.49. The van der Waals surface area contributed by atoms with Gasteiger partial charge in [-0.1, -0.05) is 85.8 Å². The zero-order valence-corrected chi connectivity index (χ0v) is 15.0. The largest absolute Gasteiger partial charge is 0.304 e. The Morgan fingerprint density at radius 3 is 1.96 bits per heavy atom. The van der Waals surface area contributed by atoms with Gasteiger partial charge in [0.1, 0.15) is 0 Å². The Bertz CT molecular complexity index is 876. The number of para-hydroxylation sites is 1. The van der Waals surface area contributed by atoms with E-state index >= 15 is 0 Å². The quantitative estimate of drug-likeness (QED) is 0.612. The fourth-order valence-corrected chi connectivity index (χ4v) is 4.21. The summed E-state index contributed by atoms with van der Waals surface area (Å²) >= 11 is 0. The molecule has 4 rings (SSSR count). The number of hydrogen-bond donors (Lipinski definition) is 0. The zero-order valence-electron chi connectivity index (χ0n) is 15.0. The number of anilines is 1. The second kappa shape index (κ2) is 6.80. The number of carbonyl (C=O) groups excluding carboxylic acids is 1. The summed E-state index contributed by atoms with van der Waals surface area (Å²) in [4.78, 5) is 15.8. The molecule has 0 aromatic heterocycles. The van der Waals surface area contributed by atoms with Crippen LogP contribution >= 0.6 is 0 Å². The first-order chi connectivity index (χ1) is 12.8. The van der Waals surface area contributed by atoms with Crippen molar-refractivity contribution in [2.75, 3.05) is 4.90 Å². The Morgan fingerprint density at radius 2 is 1.38 bits per heavy atom. The third kappa shape index (κ3) is 2.62. The van der Waals surface area contributed by atoms with Gasteiger partial charge in [0.25, 0.3) is 0 Å². The van der Waals surface area contributed by atoms with Crippen LogP contribution in [0.4, 0.5) is 5.69 Å². The molecular formula is C24H23NO. The monoisotopic (exact) mass is 341 g/mol. The lowest BCUT2D eigenvalue weighted by molar-refractivity contribution is -0.122. The third-order valence-electron chi connectivity index (χ3n) is 5.63. The van der Waals surface area contributed by atoms with Crippen LogP contribution in [0.15, 0.2) is 91.0 Å². The van der Waals surface area contributed by atoms with E-state index in [9.17, 15) is 4.79 Å². The van der Waals surface area contributed by atoms with Crippen molar-refractivity contribution in [3.8, 4) is 0 Å². The maximum Gasteiger partial charge on any atom is 0.238 e. The smallest absolute Gasteiger partial charge is 0.238 e. The van der Waals surface area contributed by atoms with E-state index in [2.05, 4.69) is 43.3 Å². The topological polar surface area (TPSA) is 20.3 Å². The third-order valence-corrected chi connectivity index (χ3v) is 5.63. The number of hydrogen-bond acceptors (Lipinski definition) is 1. The van der Waals surface area contributed by atoms with E-state index < -0.39 is 5.41 Å². The van der Waals surface area contributed by atoms with Gasteiger partial charge in [-0.3, -0.25) is 4.79 Å². The van der Waals surface area contributed by atoms with Crippen molar-refractivity contribution in [1.82, 2.24) is 0 Å². The summed E-state index contributed by atoms with van der Waals surface area (Å²) in [5.74, 6) is 0.200. The lowest BCUT2D eigenvalue weighted by atomic mass is 9.75. The molecule has 1 aliphatic heterocycles. The van der Waals surface area contributed by atoms with Gasteiger partial charge in [0.2, 0.25) is 5.91 Å². The fraction of sp³-hybridized carbons (Fsp3) is 0.208. The fourth-order valence-electron chi connectivity index (χ4n) is 4.21. The van der Waals surface area contributed by atoms with Crippen molar-refractivity contribution in [3.05, 3.63) is 102 Å². The van der Waals surface area contributed by atoms with Crippen molar-refractivity contribution < 1.29 is 4.79 Å². The molecule has 0 bridgehead atoms. The molecule has 1 heterocycles. The summed E-state index contributed by atoms with van der Waals surface area (Å²) in [6.07, 6.45) is 1.59. The van der Waals surface area contributed by atoms with E-state index in [0.717, 1.165) is 24.1 Å². The maximum absolute atomic E-state index is 13.8. The van der Waals surface area contributed by atoms with Gasteiger partial charge in [-0.25, -0.2) is 0 Å². The van der Waals surface area contributed by atoms with E-state index in [1.165, 1.54) is 5.56 Å². The van der Waals surface area contributed by atoms with Gasteiger partial charge in [-0.2, -0.15) is 0 Å². The molecule has 2 nitrogen and oxygen atoms in total. The molecule has 3 aromatic carbocycles. The van der Waals surface area contributed by atoms with Crippen molar-refractivity contribution in [2.24, 2.45) is 0 Å². The Kier molecular flexibility index (Phi) is 4.34. The summed E-state index contributed by atoms with van der Waals surface area (Å²) in [7, 11) is 0. The molecule has 1 saturated heterocycles. The molecule has 0 radical (unpaired) electrons. The van der Waals surface area contributed by atoms with E-state index in [1.807, 2.05) is 59.5 Å². The van der Waals surface area contributed by atoms with Crippen LogP contribution in [0.3, 0.4) is 0 Å². The first kappa shape index (κ1) is 16.6. The molecule has 0 unspecified atom stereocenters. The molecule has 3 aromatic rings. The van der Waals surface area contributed by atoms with Gasteiger partial charge in [0.05, 0.1) is 11.5 Å². The van der Waals surface area contributed by atoms with Crippen molar-refractivity contribution in [3.63, 3.8) is 0 Å². The number of benzene rings is 3. The minimum absolute atomic E-state index is 0.0475. The summed E-state index contributed by atoms with van der Waals surface area (Å²) in [6, 6.07) is 30.8. The van der Waals surface area contributed by atoms with Crippen LogP contribution in [0.25, 0.3) is 0 Å². The molecule has 0 spiro atoms. The lowest BCUT2D eigenvalue weighted by Gasteiger charge is -2.27. The SMILES string of the molecule is CC[C@]1(c2ccccc2)C[C@@H](c2ccccc2)N(c2ccccc2)C1=O. The van der Waals surface area contributed by atoms with Crippen molar-refractivity contribution in [1.29, 1.82) is 0 Å². The second-order valence-corrected chi connectivity index (χ2v) is 6.94. The van der Waals surface area contributed by atoms with Crippen molar-refractivity contribution >= 4 is 11.6 Å². The maximum atomic E-state index is 13.8. The Balaban J connectivity index is 1.86. The minimum Gasteiger partial charge on any atom is -0.304 e. The molecule has 26 heavy (non-hydrogen) atoms. The highest BCUT2D eigenvalue weighted by atomic mass is 16.2. The number of rotatable bonds is 4. The normalized spacial score (nSPS) is 22.6. The van der Waals surface area contributed by atoms with E-state index in [4.69, 9.17) is 0 Å². The Hall–Kier alpha value is -2.87. The van der Waals surface area contributed by atoms with Gasteiger partial charge in [0.15, 0.2) is 0 Å². The van der Waals surface area contributed by atoms with E-state index in [-0.39, 0.29) is 11.9 Å². The first-order valence-electron chi connectivity index (χ1n) is 9.25. The molecule has 1 amide bonds. The number of amides is 1. The summed E-state index contributed by atoms with van der Waals surface area (Å²) < 4.78 is 0. The molecule has 0 saturated carbocycles. The van der Waals surface area contributed by atoms with Gasteiger partial charge in [-0.05, 0) is 36.1 Å². The predicted molar refractivity (Wildman–Crippen MR) is 106 cm³/mol. The average molecular weight is 341 g/mol. The zero-order chi connectivity index (χ0) is 18.0. The molecule has 0 aliphatic carbocycles. The van der Waals surface area contributed by atoms with Crippen LogP contribution in [0.1, 0.15) is 36.9 Å². The molecule has 0 N–H and O–H groups in total. The van der Waals surface area contributed by atoms with Gasteiger partial charge in [0, 0.05) is 5.69 Å². The van der Waals surface area contributed by atoms with Crippen LogP contribution in [0.5, 0.6) is 0 Å². The summed E-state index contributed by atoms with van der Waals surface area (Å²) in [5, 5.41) is 0. The molecule has 2 atom stereocenters. The molecule has 2 heteroatoms. The number of nitrogens with zero attached hydrogens (tertiary/aromatic N) is 1. The second-order valence-electron chi connectivity index (χ2n) is 6.94. The lowest BCUT2D eigenvalue weighted by Crippen LogP contribution is -2.37. The van der Waals surface area contributed by atoms with Crippen LogP contribution in [0.2, 0.25) is 0 Å². The van der Waals surface area contributed by atoms with E-state index in [0.29, 0.717) is 0 Å². The van der Waals surface area contributed by atoms with Crippen LogP contribution < -0.4 is 4.90 Å². The first-order valence-corrected chi connectivity index (χ1v) is 9.25. The van der Waals surface area contributed by atoms with Crippen LogP contribution in [-0.4, -0.2) is 5.91 Å². The highest BCUT2D eigenvalue weighted by Gasteiger charge is 2.52. The summed E-state index contributed by atoms with van der Waals surface area (Å²) in [6.45, 7) is 2.13. The van der Waals surface area contributed by atoms with Gasteiger partial charge < -0.3 is 4.90 Å². The van der Waals surface area contributed by atoms with Crippen molar-refractivity contribution in [2.45, 2.75) is 31.2 Å². The molecule has 130 valence electrons. The standard InChI is InChI=1S/C24H23NO/c1-2-24(20-14-8-4-9-15-20)18-22(19-12-6-3-7-13-19)25(23(24)26)21-16-10-5-11-17-21/h3-17,22H,2,18H2,1H3/t22-,24+/m0/s1. The molecule has 1 fully saturated rings. The highest BCUT2D eigenvalue weighted by molar-refractivity contribution is 6.04. The predicted octanol–water partition coefficient (Wildman–Crippen LogP) is 5.51. The molecule has 1 aliphatic rings. The van der Waals surface area contributed by atoms with Crippen LogP contribution in [0, 0.1) is 0 Å². The minimum atomic E-state index is -0.475. The Morgan fingerprint density at radius 1 is 0.846 bits per heavy atom. The Labute approximate surface area is 155 Å². The van der Waals surface area contributed by atoms with Gasteiger partial charge in [-0.15, -0.1) is 0 Å². The average Bonchev–Trinajstić information content (AvgIpc) is 3.03. The summed E-state index contributed by atoms with van der Waals surface area (Å²) in [5.41, 5.74) is 2.80. The number of carbonyl (C=O) groups is 1. The van der Waals surface area contributed by atoms with E-state index in [1.54, 1.807) is 0 Å².